The molecule has 36 heavy (non-hydrogen) atoms. The summed E-state index contributed by atoms with van der Waals surface area (Å²) in [7, 11) is 0. The van der Waals surface area contributed by atoms with Crippen molar-refractivity contribution in [2.75, 3.05) is 6.67 Å². The standard InChI is InChI=1S/C26H25ClFN5O3/c1-15-9-10-33(32-15)23-12-19(27)7-8-20(23)24(14-28)36-25-13-22(30-16(2)31-25)18-5-3-17(4-6-18)11-21(29)26(34)35/h3-10,12-13,21,24H,11,14,29H2,1-2H3,(H,34,35)/t21-,24?/m0/s1. The van der Waals surface area contributed by atoms with Gasteiger partial charge in [0.2, 0.25) is 5.88 Å². The number of hydrogen-bond donors (Lipinski definition) is 2. The first kappa shape index (κ1) is 25.3. The Morgan fingerprint density at radius 1 is 1.14 bits per heavy atom. The van der Waals surface area contributed by atoms with E-state index in [0.29, 0.717) is 27.8 Å². The van der Waals surface area contributed by atoms with E-state index in [2.05, 4.69) is 15.1 Å². The van der Waals surface area contributed by atoms with Crippen LogP contribution in [0.25, 0.3) is 16.9 Å². The van der Waals surface area contributed by atoms with Crippen molar-refractivity contribution in [3.63, 3.8) is 0 Å². The lowest BCUT2D eigenvalue weighted by Gasteiger charge is -2.20. The highest BCUT2D eigenvalue weighted by Crippen LogP contribution is 2.30. The highest BCUT2D eigenvalue weighted by Gasteiger charge is 2.21. The summed E-state index contributed by atoms with van der Waals surface area (Å²) in [6.45, 7) is 2.79. The zero-order chi connectivity index (χ0) is 25.8. The monoisotopic (exact) mass is 509 g/mol. The molecule has 8 nitrogen and oxygen atoms in total. The van der Waals surface area contributed by atoms with Crippen LogP contribution in [0.4, 0.5) is 4.39 Å². The van der Waals surface area contributed by atoms with Gasteiger partial charge in [0.05, 0.1) is 17.1 Å². The molecule has 0 amide bonds. The van der Waals surface area contributed by atoms with Crippen LogP contribution in [0.3, 0.4) is 0 Å². The van der Waals surface area contributed by atoms with E-state index in [1.54, 1.807) is 54.2 Å². The first-order chi connectivity index (χ1) is 17.2. The summed E-state index contributed by atoms with van der Waals surface area (Å²) < 4.78 is 21.9. The maximum Gasteiger partial charge on any atom is 0.320 e. The van der Waals surface area contributed by atoms with Crippen LogP contribution < -0.4 is 10.5 Å². The summed E-state index contributed by atoms with van der Waals surface area (Å²) in [6, 6.07) is 14.9. The second kappa shape index (κ2) is 10.8. The number of alkyl halides is 1. The lowest BCUT2D eigenvalue weighted by Crippen LogP contribution is -2.32. The maximum atomic E-state index is 14.3. The van der Waals surface area contributed by atoms with Gasteiger partial charge in [0, 0.05) is 28.4 Å². The van der Waals surface area contributed by atoms with Gasteiger partial charge in [0.1, 0.15) is 18.5 Å². The topological polar surface area (TPSA) is 116 Å². The van der Waals surface area contributed by atoms with E-state index >= 15 is 0 Å². The predicted octanol–water partition coefficient (Wildman–Crippen LogP) is 4.64. The molecular formula is C26H25ClFN5O3. The number of carbonyl (C=O) groups is 1. The van der Waals surface area contributed by atoms with Gasteiger partial charge in [-0.2, -0.15) is 10.1 Å². The fraction of sp³-hybridized carbons (Fsp3) is 0.231. The number of carboxylic acids is 1. The van der Waals surface area contributed by atoms with Crippen LogP contribution in [0.1, 0.15) is 28.7 Å². The average molecular weight is 510 g/mol. The zero-order valence-corrected chi connectivity index (χ0v) is 20.5. The van der Waals surface area contributed by atoms with Gasteiger partial charge in [-0.05, 0) is 44.0 Å². The quantitative estimate of drug-likeness (QED) is 0.337. The number of nitrogens with zero attached hydrogens (tertiary/aromatic N) is 4. The Morgan fingerprint density at radius 2 is 1.89 bits per heavy atom. The van der Waals surface area contributed by atoms with E-state index < -0.39 is 24.8 Å². The van der Waals surface area contributed by atoms with Crippen LogP contribution in [0.2, 0.25) is 5.02 Å². The molecule has 2 heterocycles. The highest BCUT2D eigenvalue weighted by molar-refractivity contribution is 6.30. The molecule has 0 spiro atoms. The van der Waals surface area contributed by atoms with Crippen LogP contribution in [-0.4, -0.2) is 43.5 Å². The molecule has 3 N–H and O–H groups in total. The lowest BCUT2D eigenvalue weighted by atomic mass is 10.0. The number of benzene rings is 2. The second-order valence-corrected chi connectivity index (χ2v) is 8.79. The van der Waals surface area contributed by atoms with Crippen LogP contribution in [0, 0.1) is 13.8 Å². The van der Waals surface area contributed by atoms with E-state index in [-0.39, 0.29) is 12.3 Å². The van der Waals surface area contributed by atoms with Crippen molar-refractivity contribution in [3.8, 4) is 22.8 Å². The molecule has 4 rings (SSSR count). The molecule has 1 unspecified atom stereocenters. The summed E-state index contributed by atoms with van der Waals surface area (Å²) in [4.78, 5) is 19.8. The van der Waals surface area contributed by atoms with Crippen molar-refractivity contribution >= 4 is 17.6 Å². The molecule has 2 aromatic heterocycles. The van der Waals surface area contributed by atoms with Gasteiger partial charge in [-0.25, -0.2) is 14.1 Å². The smallest absolute Gasteiger partial charge is 0.320 e. The van der Waals surface area contributed by atoms with Gasteiger partial charge in [-0.3, -0.25) is 4.79 Å². The minimum Gasteiger partial charge on any atom is -0.480 e. The molecule has 10 heteroatoms. The molecule has 186 valence electrons. The number of aryl methyl sites for hydroxylation is 2. The molecule has 0 aliphatic rings. The molecule has 0 aliphatic heterocycles. The number of halogens is 2. The second-order valence-electron chi connectivity index (χ2n) is 8.35. The van der Waals surface area contributed by atoms with E-state index in [1.807, 2.05) is 25.1 Å². The van der Waals surface area contributed by atoms with Crippen molar-refractivity contribution in [2.45, 2.75) is 32.4 Å². The average Bonchev–Trinajstić information content (AvgIpc) is 3.29. The molecule has 0 saturated heterocycles. The number of ether oxygens (including phenoxy) is 1. The molecule has 0 saturated carbocycles. The van der Waals surface area contributed by atoms with Gasteiger partial charge >= 0.3 is 5.97 Å². The summed E-state index contributed by atoms with van der Waals surface area (Å²) >= 11 is 6.21. The van der Waals surface area contributed by atoms with Gasteiger partial charge < -0.3 is 15.6 Å². The Labute approximate surface area is 212 Å². The summed E-state index contributed by atoms with van der Waals surface area (Å²) in [5, 5.41) is 13.9. The van der Waals surface area contributed by atoms with E-state index in [1.165, 1.54) is 0 Å². The largest absolute Gasteiger partial charge is 0.480 e. The Hall–Kier alpha value is -3.82. The number of nitrogens with two attached hydrogens (primary N) is 1. The Morgan fingerprint density at radius 3 is 2.53 bits per heavy atom. The molecule has 0 radical (unpaired) electrons. The number of carboxylic acid groups (broad SMARTS) is 1. The Bertz CT molecular complexity index is 1380. The van der Waals surface area contributed by atoms with E-state index in [4.69, 9.17) is 27.2 Å². The Balaban J connectivity index is 1.61. The first-order valence-electron chi connectivity index (χ1n) is 11.2. The number of aromatic nitrogens is 4. The number of aliphatic carboxylic acids is 1. The maximum absolute atomic E-state index is 14.3. The van der Waals surface area contributed by atoms with Gasteiger partial charge in [0.15, 0.2) is 6.10 Å². The molecule has 2 atom stereocenters. The van der Waals surface area contributed by atoms with Crippen LogP contribution in [-0.2, 0) is 11.2 Å². The fourth-order valence-corrected chi connectivity index (χ4v) is 3.93. The summed E-state index contributed by atoms with van der Waals surface area (Å²) in [5.74, 6) is -0.382. The summed E-state index contributed by atoms with van der Waals surface area (Å²) in [5.41, 5.74) is 9.76. The van der Waals surface area contributed by atoms with Crippen LogP contribution in [0.15, 0.2) is 60.8 Å². The van der Waals surface area contributed by atoms with E-state index in [9.17, 15) is 9.18 Å². The van der Waals surface area contributed by atoms with Crippen molar-refractivity contribution < 1.29 is 19.0 Å². The van der Waals surface area contributed by atoms with E-state index in [0.717, 1.165) is 16.8 Å². The van der Waals surface area contributed by atoms with Crippen LogP contribution >= 0.6 is 11.6 Å². The minimum atomic E-state index is -1.05. The minimum absolute atomic E-state index is 0.212. The summed E-state index contributed by atoms with van der Waals surface area (Å²) in [6.07, 6.45) is 1.04. The molecule has 4 aromatic rings. The first-order valence-corrected chi connectivity index (χ1v) is 11.6. The highest BCUT2D eigenvalue weighted by atomic mass is 35.5. The normalized spacial score (nSPS) is 12.8. The predicted molar refractivity (Wildman–Crippen MR) is 134 cm³/mol. The molecule has 0 fully saturated rings. The van der Waals surface area contributed by atoms with Gasteiger partial charge in [0.25, 0.3) is 0 Å². The number of rotatable bonds is 9. The molecule has 0 aliphatic carbocycles. The SMILES string of the molecule is Cc1ccn(-c2cc(Cl)ccc2C(CF)Oc2cc(-c3ccc(C[C@H](N)C(=O)O)cc3)nc(C)n2)n1. The zero-order valence-electron chi connectivity index (χ0n) is 19.7. The third-order valence-electron chi connectivity index (χ3n) is 5.55. The van der Waals surface area contributed by atoms with Crippen molar-refractivity contribution in [3.05, 3.63) is 88.5 Å². The third kappa shape index (κ3) is 5.87. The Kier molecular flexibility index (Phi) is 7.61. The molecular weight excluding hydrogens is 485 g/mol. The fourth-order valence-electron chi connectivity index (χ4n) is 3.76. The molecule has 2 aromatic carbocycles. The van der Waals surface area contributed by atoms with Crippen molar-refractivity contribution in [2.24, 2.45) is 5.73 Å². The van der Waals surface area contributed by atoms with Gasteiger partial charge in [-0.15, -0.1) is 0 Å². The molecule has 0 bridgehead atoms. The van der Waals surface area contributed by atoms with Crippen molar-refractivity contribution in [1.29, 1.82) is 0 Å². The lowest BCUT2D eigenvalue weighted by molar-refractivity contribution is -0.138. The number of hydrogen-bond acceptors (Lipinski definition) is 6. The van der Waals surface area contributed by atoms with Gasteiger partial charge in [-0.1, -0.05) is 41.9 Å². The third-order valence-corrected chi connectivity index (χ3v) is 5.78. The van der Waals surface area contributed by atoms with Crippen molar-refractivity contribution in [1.82, 2.24) is 19.7 Å². The van der Waals surface area contributed by atoms with Crippen LogP contribution in [0.5, 0.6) is 5.88 Å².